The minimum absolute atomic E-state index is 0.0472. The molecular weight excluding hydrogens is 262 g/mol. The maximum atomic E-state index is 11.7. The molecule has 0 saturated carbocycles. The number of nitrogens with zero attached hydrogens (tertiary/aromatic N) is 1. The summed E-state index contributed by atoms with van der Waals surface area (Å²) in [5.74, 6) is 0. The number of nitrogens with one attached hydrogen (secondary N) is 2. The highest BCUT2D eigenvalue weighted by Gasteiger charge is 2.17. The van der Waals surface area contributed by atoms with Crippen LogP contribution in [0.1, 0.15) is 30.5 Å². The van der Waals surface area contributed by atoms with E-state index in [4.69, 9.17) is 0 Å². The number of rotatable bonds is 3. The fourth-order valence-corrected chi connectivity index (χ4v) is 2.88. The van der Waals surface area contributed by atoms with Crippen LogP contribution in [0.3, 0.4) is 0 Å². The van der Waals surface area contributed by atoms with E-state index in [1.54, 1.807) is 10.6 Å². The van der Waals surface area contributed by atoms with Crippen LogP contribution >= 0.6 is 0 Å². The molecule has 0 amide bonds. The van der Waals surface area contributed by atoms with Gasteiger partial charge in [0.2, 0.25) is 0 Å². The predicted octanol–water partition coefficient (Wildman–Crippen LogP) is 2.51. The van der Waals surface area contributed by atoms with Gasteiger partial charge < -0.3 is 15.2 Å². The minimum atomic E-state index is 0.0472. The van der Waals surface area contributed by atoms with Crippen molar-refractivity contribution < 1.29 is 0 Å². The number of anilines is 1. The summed E-state index contributed by atoms with van der Waals surface area (Å²) in [4.78, 5) is 11.7. The zero-order valence-electron chi connectivity index (χ0n) is 12.3. The monoisotopic (exact) mass is 283 g/mol. The summed E-state index contributed by atoms with van der Waals surface area (Å²) < 4.78 is 1.73. The molecule has 21 heavy (non-hydrogen) atoms. The Bertz CT molecular complexity index is 678. The van der Waals surface area contributed by atoms with E-state index in [-0.39, 0.29) is 11.6 Å². The van der Waals surface area contributed by atoms with E-state index >= 15 is 0 Å². The molecule has 2 heterocycles. The third-order valence-corrected chi connectivity index (χ3v) is 4.02. The fourth-order valence-electron chi connectivity index (χ4n) is 2.88. The summed E-state index contributed by atoms with van der Waals surface area (Å²) >= 11 is 0. The molecule has 2 N–H and O–H groups in total. The van der Waals surface area contributed by atoms with Crippen LogP contribution in [0.5, 0.6) is 0 Å². The van der Waals surface area contributed by atoms with Crippen molar-refractivity contribution in [1.82, 2.24) is 9.88 Å². The zero-order chi connectivity index (χ0) is 14.7. The van der Waals surface area contributed by atoms with Crippen molar-refractivity contribution in [2.24, 2.45) is 0 Å². The molecule has 0 spiro atoms. The van der Waals surface area contributed by atoms with Gasteiger partial charge in [-0.05, 0) is 37.1 Å². The molecular formula is C17H21N3O. The van der Waals surface area contributed by atoms with Crippen molar-refractivity contribution in [1.29, 1.82) is 0 Å². The van der Waals surface area contributed by atoms with Crippen molar-refractivity contribution in [3.05, 3.63) is 64.1 Å². The average molecular weight is 283 g/mol. The van der Waals surface area contributed by atoms with Crippen LogP contribution in [0, 0.1) is 0 Å². The first-order valence-corrected chi connectivity index (χ1v) is 7.53. The van der Waals surface area contributed by atoms with E-state index in [0.717, 1.165) is 25.2 Å². The largest absolute Gasteiger partial charge is 0.377 e. The molecule has 110 valence electrons. The molecule has 4 nitrogen and oxygen atoms in total. The van der Waals surface area contributed by atoms with Crippen molar-refractivity contribution in [2.75, 3.05) is 11.9 Å². The van der Waals surface area contributed by atoms with Crippen molar-refractivity contribution in [3.8, 4) is 0 Å². The van der Waals surface area contributed by atoms with Gasteiger partial charge in [-0.15, -0.1) is 0 Å². The Balaban J connectivity index is 1.89. The van der Waals surface area contributed by atoms with Gasteiger partial charge in [0.1, 0.15) is 0 Å². The Hall–Kier alpha value is -2.07. The highest BCUT2D eigenvalue weighted by atomic mass is 16.1. The molecule has 4 heteroatoms. The quantitative estimate of drug-likeness (QED) is 0.910. The van der Waals surface area contributed by atoms with Gasteiger partial charge in [0.25, 0.3) is 5.56 Å². The predicted molar refractivity (Wildman–Crippen MR) is 85.5 cm³/mol. The van der Waals surface area contributed by atoms with E-state index in [2.05, 4.69) is 34.9 Å². The van der Waals surface area contributed by atoms with Crippen LogP contribution in [0.25, 0.3) is 0 Å². The number of pyridine rings is 1. The molecule has 0 aliphatic carbocycles. The molecule has 0 fully saturated rings. The third kappa shape index (κ3) is 3.00. The molecule has 1 aromatic heterocycles. The number of aromatic nitrogens is 1. The number of hydrogen-bond acceptors (Lipinski definition) is 3. The second-order valence-corrected chi connectivity index (χ2v) is 5.40. The highest BCUT2D eigenvalue weighted by molar-refractivity contribution is 5.45. The van der Waals surface area contributed by atoms with Crippen LogP contribution in [0.15, 0.2) is 47.4 Å². The maximum absolute atomic E-state index is 11.7. The number of hydrogen-bond donors (Lipinski definition) is 2. The molecule has 3 rings (SSSR count). The minimum Gasteiger partial charge on any atom is -0.377 e. The standard InChI is InChI=1S/C17H21N3O/c1-2-20-12-14(7-8-17(20)21)19-16-9-10-18-11-13-5-3-4-6-15(13)16/h3-8,12,16,18-19H,2,9-11H2,1H3. The van der Waals surface area contributed by atoms with Gasteiger partial charge >= 0.3 is 0 Å². The summed E-state index contributed by atoms with van der Waals surface area (Å²) in [6, 6.07) is 12.3. The lowest BCUT2D eigenvalue weighted by Gasteiger charge is -2.20. The van der Waals surface area contributed by atoms with Gasteiger partial charge in [0.15, 0.2) is 0 Å². The fraction of sp³-hybridized carbons (Fsp3) is 0.353. The maximum Gasteiger partial charge on any atom is 0.250 e. The van der Waals surface area contributed by atoms with Crippen LogP contribution in [0.4, 0.5) is 5.69 Å². The molecule has 1 aromatic carbocycles. The first-order chi connectivity index (χ1) is 10.3. The highest BCUT2D eigenvalue weighted by Crippen LogP contribution is 2.26. The number of aryl methyl sites for hydroxylation is 1. The Morgan fingerprint density at radius 2 is 2.14 bits per heavy atom. The van der Waals surface area contributed by atoms with Gasteiger partial charge in [-0.3, -0.25) is 4.79 Å². The van der Waals surface area contributed by atoms with Gasteiger partial charge in [-0.2, -0.15) is 0 Å². The smallest absolute Gasteiger partial charge is 0.250 e. The Morgan fingerprint density at radius 3 is 3.00 bits per heavy atom. The van der Waals surface area contributed by atoms with Crippen molar-refractivity contribution >= 4 is 5.69 Å². The lowest BCUT2D eigenvalue weighted by atomic mass is 9.99. The summed E-state index contributed by atoms with van der Waals surface area (Å²) in [6.07, 6.45) is 2.94. The molecule has 2 aromatic rings. The van der Waals surface area contributed by atoms with E-state index in [1.165, 1.54) is 11.1 Å². The first kappa shape index (κ1) is 13.9. The lowest BCUT2D eigenvalue weighted by molar-refractivity contribution is 0.635. The molecule has 0 saturated heterocycles. The molecule has 0 radical (unpaired) electrons. The Kier molecular flexibility index (Phi) is 4.06. The van der Waals surface area contributed by atoms with Gasteiger partial charge in [-0.1, -0.05) is 24.3 Å². The van der Waals surface area contributed by atoms with Crippen LogP contribution in [-0.2, 0) is 13.1 Å². The van der Waals surface area contributed by atoms with Crippen LogP contribution < -0.4 is 16.2 Å². The summed E-state index contributed by atoms with van der Waals surface area (Å²) in [5.41, 5.74) is 3.73. The zero-order valence-corrected chi connectivity index (χ0v) is 12.3. The molecule has 0 bridgehead atoms. The first-order valence-electron chi connectivity index (χ1n) is 7.53. The Labute approximate surface area is 124 Å². The van der Waals surface area contributed by atoms with Crippen molar-refractivity contribution in [2.45, 2.75) is 32.5 Å². The summed E-state index contributed by atoms with van der Waals surface area (Å²) in [7, 11) is 0. The number of fused-ring (bicyclic) bond motifs is 1. The van der Waals surface area contributed by atoms with E-state index in [9.17, 15) is 4.79 Å². The van der Waals surface area contributed by atoms with Crippen LogP contribution in [0.2, 0.25) is 0 Å². The second-order valence-electron chi connectivity index (χ2n) is 5.40. The third-order valence-electron chi connectivity index (χ3n) is 4.02. The van der Waals surface area contributed by atoms with Crippen molar-refractivity contribution in [3.63, 3.8) is 0 Å². The van der Waals surface area contributed by atoms with Gasteiger partial charge in [0.05, 0.1) is 11.7 Å². The molecule has 1 aliphatic heterocycles. The molecule has 1 unspecified atom stereocenters. The molecule has 1 aliphatic rings. The van der Waals surface area contributed by atoms with Gasteiger partial charge in [0, 0.05) is 25.4 Å². The summed E-state index contributed by atoms with van der Waals surface area (Å²) in [5, 5.41) is 7.03. The SMILES string of the molecule is CCn1cc(NC2CCNCc3ccccc32)ccc1=O. The topological polar surface area (TPSA) is 46.1 Å². The Morgan fingerprint density at radius 1 is 1.29 bits per heavy atom. The second kappa shape index (κ2) is 6.14. The van der Waals surface area contributed by atoms with E-state index < -0.39 is 0 Å². The van der Waals surface area contributed by atoms with E-state index in [0.29, 0.717) is 6.54 Å². The van der Waals surface area contributed by atoms with Gasteiger partial charge in [-0.25, -0.2) is 0 Å². The van der Waals surface area contributed by atoms with E-state index in [1.807, 2.05) is 19.2 Å². The average Bonchev–Trinajstić information content (AvgIpc) is 2.72. The summed E-state index contributed by atoms with van der Waals surface area (Å²) in [6.45, 7) is 4.58. The number of benzene rings is 1. The normalized spacial score (nSPS) is 17.9. The molecule has 1 atom stereocenters. The lowest BCUT2D eigenvalue weighted by Crippen LogP contribution is -2.20. The van der Waals surface area contributed by atoms with Crippen LogP contribution in [-0.4, -0.2) is 11.1 Å².